The van der Waals surface area contributed by atoms with Crippen molar-refractivity contribution >= 4 is 11.3 Å². The van der Waals surface area contributed by atoms with E-state index >= 15 is 0 Å². The van der Waals surface area contributed by atoms with Gasteiger partial charge in [-0.25, -0.2) is 4.98 Å². The molecule has 2 nitrogen and oxygen atoms in total. The maximum absolute atomic E-state index is 4.80. The zero-order valence-corrected chi connectivity index (χ0v) is 12.2. The molecule has 0 radical (unpaired) electrons. The van der Waals surface area contributed by atoms with Gasteiger partial charge in [0.15, 0.2) is 0 Å². The van der Waals surface area contributed by atoms with Gasteiger partial charge in [-0.2, -0.15) is 0 Å². The Morgan fingerprint density at radius 1 is 1.44 bits per heavy atom. The molecule has 2 atom stereocenters. The molecule has 0 fully saturated rings. The van der Waals surface area contributed by atoms with Gasteiger partial charge in [-0.05, 0) is 33.2 Å². The highest BCUT2D eigenvalue weighted by molar-refractivity contribution is 7.11. The fraction of sp³-hybridized carbons (Fsp3) is 0.769. The molecule has 1 aromatic heterocycles. The van der Waals surface area contributed by atoms with Gasteiger partial charge < -0.3 is 5.32 Å². The van der Waals surface area contributed by atoms with Crippen LogP contribution in [-0.4, -0.2) is 12.0 Å². The molecule has 1 rings (SSSR count). The SMILES string of the molecule is CCc1nc(C(C)(NC)C(C)CC)sc1C. The fourth-order valence-electron chi connectivity index (χ4n) is 1.95. The molecular formula is C13H24N2S. The molecule has 0 aliphatic carbocycles. The van der Waals surface area contributed by atoms with Gasteiger partial charge >= 0.3 is 0 Å². The molecule has 0 spiro atoms. The first-order valence-electron chi connectivity index (χ1n) is 6.15. The minimum Gasteiger partial charge on any atom is -0.308 e. The summed E-state index contributed by atoms with van der Waals surface area (Å²) in [6.07, 6.45) is 2.19. The molecule has 0 aliphatic rings. The number of rotatable bonds is 5. The molecule has 0 aliphatic heterocycles. The van der Waals surface area contributed by atoms with E-state index in [-0.39, 0.29) is 5.54 Å². The molecule has 1 N–H and O–H groups in total. The van der Waals surface area contributed by atoms with E-state index in [4.69, 9.17) is 4.98 Å². The number of hydrogen-bond donors (Lipinski definition) is 1. The second-order valence-electron chi connectivity index (χ2n) is 4.64. The predicted molar refractivity (Wildman–Crippen MR) is 72.1 cm³/mol. The Morgan fingerprint density at radius 3 is 2.44 bits per heavy atom. The lowest BCUT2D eigenvalue weighted by Crippen LogP contribution is -2.42. The second-order valence-corrected chi connectivity index (χ2v) is 5.84. The Kier molecular flexibility index (Phi) is 4.51. The summed E-state index contributed by atoms with van der Waals surface area (Å²) in [6.45, 7) is 11.1. The summed E-state index contributed by atoms with van der Waals surface area (Å²) in [5.74, 6) is 0.591. The lowest BCUT2D eigenvalue weighted by atomic mass is 9.86. The average molecular weight is 240 g/mol. The Hall–Kier alpha value is -0.410. The molecule has 0 saturated carbocycles. The smallest absolute Gasteiger partial charge is 0.113 e. The van der Waals surface area contributed by atoms with Crippen molar-refractivity contribution in [3.63, 3.8) is 0 Å². The van der Waals surface area contributed by atoms with E-state index in [0.29, 0.717) is 5.92 Å². The van der Waals surface area contributed by atoms with Gasteiger partial charge in [0.05, 0.1) is 11.2 Å². The van der Waals surface area contributed by atoms with Crippen LogP contribution in [0.1, 0.15) is 49.7 Å². The molecule has 0 bridgehead atoms. The minimum absolute atomic E-state index is 0.0115. The number of aromatic nitrogens is 1. The van der Waals surface area contributed by atoms with Crippen LogP contribution in [0, 0.1) is 12.8 Å². The van der Waals surface area contributed by atoms with Crippen LogP contribution in [0.3, 0.4) is 0 Å². The van der Waals surface area contributed by atoms with Crippen LogP contribution in [0.15, 0.2) is 0 Å². The number of nitrogens with one attached hydrogen (secondary N) is 1. The third-order valence-corrected chi connectivity index (χ3v) is 5.04. The molecule has 0 aromatic carbocycles. The molecule has 0 saturated heterocycles. The summed E-state index contributed by atoms with van der Waals surface area (Å²) in [5, 5.41) is 4.69. The van der Waals surface area contributed by atoms with Crippen molar-refractivity contribution in [2.75, 3.05) is 7.05 Å². The van der Waals surface area contributed by atoms with Crippen molar-refractivity contribution in [2.24, 2.45) is 5.92 Å². The first-order chi connectivity index (χ1) is 7.49. The van der Waals surface area contributed by atoms with E-state index in [9.17, 15) is 0 Å². The molecule has 0 amide bonds. The van der Waals surface area contributed by atoms with Crippen LogP contribution in [0.4, 0.5) is 0 Å². The van der Waals surface area contributed by atoms with E-state index in [0.717, 1.165) is 12.8 Å². The summed E-state index contributed by atoms with van der Waals surface area (Å²) in [7, 11) is 2.04. The maximum atomic E-state index is 4.80. The second kappa shape index (κ2) is 5.28. The Balaban J connectivity index is 3.12. The maximum Gasteiger partial charge on any atom is 0.113 e. The van der Waals surface area contributed by atoms with E-state index in [2.05, 4.69) is 39.9 Å². The summed E-state index contributed by atoms with van der Waals surface area (Å²) in [6, 6.07) is 0. The van der Waals surface area contributed by atoms with Crippen LogP contribution in [-0.2, 0) is 12.0 Å². The highest BCUT2D eigenvalue weighted by Gasteiger charge is 2.33. The van der Waals surface area contributed by atoms with Crippen LogP contribution in [0.2, 0.25) is 0 Å². The summed E-state index contributed by atoms with van der Waals surface area (Å²) >= 11 is 1.84. The molecule has 2 unspecified atom stereocenters. The van der Waals surface area contributed by atoms with E-state index in [1.165, 1.54) is 15.6 Å². The van der Waals surface area contributed by atoms with Crippen molar-refractivity contribution in [1.29, 1.82) is 0 Å². The molecule has 1 heterocycles. The van der Waals surface area contributed by atoms with Gasteiger partial charge in [-0.15, -0.1) is 11.3 Å². The van der Waals surface area contributed by atoms with Crippen molar-refractivity contribution in [1.82, 2.24) is 10.3 Å². The number of nitrogens with zero attached hydrogens (tertiary/aromatic N) is 1. The Labute approximate surface area is 103 Å². The first kappa shape index (κ1) is 13.7. The van der Waals surface area contributed by atoms with Gasteiger partial charge in [-0.1, -0.05) is 27.2 Å². The lowest BCUT2D eigenvalue weighted by molar-refractivity contribution is 0.258. The first-order valence-corrected chi connectivity index (χ1v) is 6.96. The van der Waals surface area contributed by atoms with Crippen molar-refractivity contribution < 1.29 is 0 Å². The largest absolute Gasteiger partial charge is 0.308 e. The van der Waals surface area contributed by atoms with Gasteiger partial charge in [-0.3, -0.25) is 0 Å². The van der Waals surface area contributed by atoms with Gasteiger partial charge in [0.1, 0.15) is 5.01 Å². The molecule has 16 heavy (non-hydrogen) atoms. The number of aryl methyl sites for hydroxylation is 2. The van der Waals surface area contributed by atoms with Crippen LogP contribution in [0.25, 0.3) is 0 Å². The Morgan fingerprint density at radius 2 is 2.06 bits per heavy atom. The monoisotopic (exact) mass is 240 g/mol. The highest BCUT2D eigenvalue weighted by atomic mass is 32.1. The minimum atomic E-state index is 0.0115. The molecular weight excluding hydrogens is 216 g/mol. The zero-order valence-electron chi connectivity index (χ0n) is 11.3. The third-order valence-electron chi connectivity index (χ3n) is 3.79. The zero-order chi connectivity index (χ0) is 12.3. The number of hydrogen-bond acceptors (Lipinski definition) is 3. The van der Waals surface area contributed by atoms with Crippen molar-refractivity contribution in [3.8, 4) is 0 Å². The lowest BCUT2D eigenvalue weighted by Gasteiger charge is -2.33. The van der Waals surface area contributed by atoms with Crippen LogP contribution in [0.5, 0.6) is 0 Å². The quantitative estimate of drug-likeness (QED) is 0.852. The fourth-order valence-corrected chi connectivity index (χ4v) is 3.22. The van der Waals surface area contributed by atoms with Gasteiger partial charge in [0.2, 0.25) is 0 Å². The summed E-state index contributed by atoms with van der Waals surface area (Å²) < 4.78 is 0. The van der Waals surface area contributed by atoms with E-state index in [1.807, 2.05) is 18.4 Å². The highest BCUT2D eigenvalue weighted by Crippen LogP contribution is 2.34. The standard InChI is InChI=1S/C13H24N2S/c1-7-9(3)13(5,14-6)12-15-11(8-2)10(4)16-12/h9,14H,7-8H2,1-6H3. The Bertz CT molecular complexity index is 346. The van der Waals surface area contributed by atoms with E-state index < -0.39 is 0 Å². The average Bonchev–Trinajstić information content (AvgIpc) is 2.68. The third kappa shape index (κ3) is 2.30. The predicted octanol–water partition coefficient (Wildman–Crippen LogP) is 3.49. The van der Waals surface area contributed by atoms with Crippen molar-refractivity contribution in [2.45, 2.75) is 53.0 Å². The molecule has 92 valence electrons. The normalized spacial score (nSPS) is 17.1. The van der Waals surface area contributed by atoms with Crippen LogP contribution >= 0.6 is 11.3 Å². The number of thiazole rings is 1. The summed E-state index contributed by atoms with van der Waals surface area (Å²) in [5.41, 5.74) is 1.27. The molecule has 1 aromatic rings. The summed E-state index contributed by atoms with van der Waals surface area (Å²) in [4.78, 5) is 6.16. The van der Waals surface area contributed by atoms with Crippen LogP contribution < -0.4 is 5.32 Å². The van der Waals surface area contributed by atoms with Crippen molar-refractivity contribution in [3.05, 3.63) is 15.6 Å². The van der Waals surface area contributed by atoms with Gasteiger partial charge in [0, 0.05) is 4.88 Å². The van der Waals surface area contributed by atoms with Gasteiger partial charge in [0.25, 0.3) is 0 Å². The topological polar surface area (TPSA) is 24.9 Å². The molecule has 3 heteroatoms. The van der Waals surface area contributed by atoms with E-state index in [1.54, 1.807) is 0 Å².